The summed E-state index contributed by atoms with van der Waals surface area (Å²) in [4.78, 5) is 0. The maximum Gasteiger partial charge on any atom is 0.277 e. The molecule has 0 aromatic carbocycles. The van der Waals surface area contributed by atoms with Crippen LogP contribution in [0.3, 0.4) is 0 Å². The minimum atomic E-state index is -2.97. The molecule has 0 spiro atoms. The normalized spacial score (nSPS) is 13.9. The molecule has 0 bridgehead atoms. The van der Waals surface area contributed by atoms with Crippen molar-refractivity contribution in [3.8, 4) is 0 Å². The van der Waals surface area contributed by atoms with Gasteiger partial charge >= 0.3 is 0 Å². The van der Waals surface area contributed by atoms with Crippen LogP contribution in [0.5, 0.6) is 0 Å². The van der Waals surface area contributed by atoms with E-state index >= 15 is 0 Å². The molecular formula is C14H30F2O2Si. The number of aliphatic hydroxyl groups is 1. The van der Waals surface area contributed by atoms with Crippen LogP contribution in [0.15, 0.2) is 0 Å². The molecule has 0 heterocycles. The second-order valence-corrected chi connectivity index (χ2v) is 9.92. The van der Waals surface area contributed by atoms with Crippen molar-refractivity contribution in [2.75, 3.05) is 6.61 Å². The van der Waals surface area contributed by atoms with E-state index in [4.69, 9.17) is 9.53 Å². The third-order valence-corrected chi connectivity index (χ3v) is 9.27. The number of rotatable bonds is 10. The summed E-state index contributed by atoms with van der Waals surface area (Å²) in [5.74, 6) is -2.97. The molecule has 0 aliphatic carbocycles. The highest BCUT2D eigenvalue weighted by molar-refractivity contribution is 6.73. The second-order valence-electron chi connectivity index (χ2n) is 5.23. The average Bonchev–Trinajstić information content (AvgIpc) is 2.41. The Morgan fingerprint density at radius 3 is 1.63 bits per heavy atom. The van der Waals surface area contributed by atoms with E-state index in [1.54, 1.807) is 13.8 Å². The molecule has 0 aliphatic rings. The van der Waals surface area contributed by atoms with Crippen molar-refractivity contribution in [2.45, 2.75) is 83.5 Å². The van der Waals surface area contributed by atoms with Gasteiger partial charge in [0, 0.05) is 13.0 Å². The lowest BCUT2D eigenvalue weighted by atomic mass is 9.88. The van der Waals surface area contributed by atoms with Gasteiger partial charge in [-0.1, -0.05) is 34.6 Å². The largest absolute Gasteiger partial charge is 0.405 e. The fraction of sp³-hybridized carbons (Fsp3) is 1.00. The minimum absolute atomic E-state index is 0.283. The number of hydrogen-bond donors (Lipinski definition) is 1. The molecule has 0 saturated heterocycles. The summed E-state index contributed by atoms with van der Waals surface area (Å²) in [6.07, 6.45) is 0.0484. The molecule has 0 amide bonds. The van der Waals surface area contributed by atoms with E-state index < -0.39 is 32.9 Å². The summed E-state index contributed by atoms with van der Waals surface area (Å²) in [6, 6.07) is 2.57. The Morgan fingerprint density at radius 1 is 0.947 bits per heavy atom. The van der Waals surface area contributed by atoms with Gasteiger partial charge < -0.3 is 9.53 Å². The van der Waals surface area contributed by atoms with Crippen LogP contribution in [-0.4, -0.2) is 31.6 Å². The zero-order valence-electron chi connectivity index (χ0n) is 13.1. The molecule has 0 fully saturated rings. The van der Waals surface area contributed by atoms with Gasteiger partial charge in [0.15, 0.2) is 8.32 Å². The van der Waals surface area contributed by atoms with E-state index in [-0.39, 0.29) is 12.8 Å². The molecule has 19 heavy (non-hydrogen) atoms. The van der Waals surface area contributed by atoms with Crippen LogP contribution < -0.4 is 0 Å². The fourth-order valence-corrected chi connectivity index (χ4v) is 5.94. The average molecular weight is 296 g/mol. The summed E-state index contributed by atoms with van der Waals surface area (Å²) in [7, 11) is -2.10. The molecule has 0 radical (unpaired) electrons. The van der Waals surface area contributed by atoms with Gasteiger partial charge in [-0.25, -0.2) is 8.78 Å². The second kappa shape index (κ2) is 7.69. The third kappa shape index (κ3) is 3.98. The number of alkyl halides is 2. The summed E-state index contributed by atoms with van der Waals surface area (Å²) in [6.45, 7) is 9.14. The number of hydrogen-bond acceptors (Lipinski definition) is 2. The van der Waals surface area contributed by atoms with Gasteiger partial charge in [-0.3, -0.25) is 0 Å². The zero-order chi connectivity index (χ0) is 15.2. The molecular weight excluding hydrogens is 266 g/mol. The molecule has 0 aromatic heterocycles. The monoisotopic (exact) mass is 296 g/mol. The van der Waals surface area contributed by atoms with Crippen molar-refractivity contribution in [3.05, 3.63) is 0 Å². The van der Waals surface area contributed by atoms with Crippen molar-refractivity contribution in [1.82, 2.24) is 0 Å². The Labute approximate surface area is 117 Å². The SMILES string of the molecule is CCC(CC)(O[Si](CC)(CC)CC)C(F)(F)CCO. The van der Waals surface area contributed by atoms with E-state index in [1.807, 2.05) is 20.8 Å². The Morgan fingerprint density at radius 2 is 1.37 bits per heavy atom. The molecule has 0 unspecified atom stereocenters. The molecule has 0 atom stereocenters. The minimum Gasteiger partial charge on any atom is -0.405 e. The van der Waals surface area contributed by atoms with Crippen LogP contribution in [0.2, 0.25) is 18.1 Å². The van der Waals surface area contributed by atoms with Crippen LogP contribution in [0.25, 0.3) is 0 Å². The van der Waals surface area contributed by atoms with E-state index in [0.29, 0.717) is 0 Å². The Kier molecular flexibility index (Phi) is 7.69. The Balaban J connectivity index is 5.40. The predicted molar refractivity (Wildman–Crippen MR) is 78.2 cm³/mol. The third-order valence-electron chi connectivity index (χ3n) is 4.58. The molecule has 2 nitrogen and oxygen atoms in total. The van der Waals surface area contributed by atoms with E-state index in [2.05, 4.69) is 0 Å². The van der Waals surface area contributed by atoms with Crippen molar-refractivity contribution in [1.29, 1.82) is 0 Å². The van der Waals surface area contributed by atoms with Gasteiger partial charge in [-0.2, -0.15) is 0 Å². The molecule has 0 rings (SSSR count). The van der Waals surface area contributed by atoms with E-state index in [0.717, 1.165) is 18.1 Å². The Bertz CT molecular complexity index is 244. The lowest BCUT2D eigenvalue weighted by Crippen LogP contribution is -2.56. The first-order chi connectivity index (χ1) is 8.82. The van der Waals surface area contributed by atoms with Crippen LogP contribution in [0.4, 0.5) is 8.78 Å². The van der Waals surface area contributed by atoms with Gasteiger partial charge in [-0.05, 0) is 31.0 Å². The topological polar surface area (TPSA) is 29.5 Å². The van der Waals surface area contributed by atoms with Crippen molar-refractivity contribution < 1.29 is 18.3 Å². The maximum atomic E-state index is 14.4. The van der Waals surface area contributed by atoms with Crippen LogP contribution in [0, 0.1) is 0 Å². The highest BCUT2D eigenvalue weighted by atomic mass is 28.4. The van der Waals surface area contributed by atoms with Crippen molar-refractivity contribution in [3.63, 3.8) is 0 Å². The lowest BCUT2D eigenvalue weighted by Gasteiger charge is -2.46. The molecule has 116 valence electrons. The molecule has 0 aromatic rings. The number of halogens is 2. The predicted octanol–water partition coefficient (Wildman–Crippen LogP) is 4.58. The standard InChI is InChI=1S/C14H30F2O2Si/c1-6-13(7-2,14(15,16)11-12-17)18-19(8-3,9-4)10-5/h17H,6-12H2,1-5H3. The lowest BCUT2D eigenvalue weighted by molar-refractivity contribution is -0.182. The fourth-order valence-electron chi connectivity index (χ4n) is 2.74. The summed E-state index contributed by atoms with van der Waals surface area (Å²) in [5.41, 5.74) is -1.41. The summed E-state index contributed by atoms with van der Waals surface area (Å²) in [5, 5.41) is 8.90. The van der Waals surface area contributed by atoms with E-state index in [1.165, 1.54) is 0 Å². The molecule has 5 heteroatoms. The molecule has 1 N–H and O–H groups in total. The van der Waals surface area contributed by atoms with E-state index in [9.17, 15) is 8.78 Å². The first-order valence-electron chi connectivity index (χ1n) is 7.51. The summed E-state index contributed by atoms with van der Waals surface area (Å²) < 4.78 is 35.0. The zero-order valence-corrected chi connectivity index (χ0v) is 14.1. The quantitative estimate of drug-likeness (QED) is 0.598. The maximum absolute atomic E-state index is 14.4. The first-order valence-corrected chi connectivity index (χ1v) is 10.0. The Hall–Kier alpha value is -0.00312. The molecule has 0 aliphatic heterocycles. The van der Waals surface area contributed by atoms with Gasteiger partial charge in [0.25, 0.3) is 5.92 Å². The van der Waals surface area contributed by atoms with Crippen molar-refractivity contribution >= 4 is 8.32 Å². The van der Waals surface area contributed by atoms with Crippen molar-refractivity contribution in [2.24, 2.45) is 0 Å². The highest BCUT2D eigenvalue weighted by Crippen LogP contribution is 2.44. The van der Waals surface area contributed by atoms with Gasteiger partial charge in [0.05, 0.1) is 0 Å². The van der Waals surface area contributed by atoms with Crippen LogP contribution in [0.1, 0.15) is 53.9 Å². The van der Waals surface area contributed by atoms with Crippen LogP contribution in [-0.2, 0) is 4.43 Å². The first kappa shape index (κ1) is 19.0. The van der Waals surface area contributed by atoms with Crippen LogP contribution >= 0.6 is 0 Å². The van der Waals surface area contributed by atoms with Gasteiger partial charge in [-0.15, -0.1) is 0 Å². The highest BCUT2D eigenvalue weighted by Gasteiger charge is 2.54. The molecule has 0 saturated carbocycles. The van der Waals surface area contributed by atoms with Gasteiger partial charge in [0.1, 0.15) is 5.60 Å². The smallest absolute Gasteiger partial charge is 0.277 e. The summed E-state index contributed by atoms with van der Waals surface area (Å²) >= 11 is 0. The van der Waals surface area contributed by atoms with Gasteiger partial charge in [0.2, 0.25) is 0 Å². The number of aliphatic hydroxyl groups excluding tert-OH is 1.